The molecular weight excluding hydrogens is 202 g/mol. The molecule has 3 nitrogen and oxygen atoms in total. The van der Waals surface area contributed by atoms with Crippen LogP contribution in [0.3, 0.4) is 0 Å². The number of carbonyl (C=O) groups excluding carboxylic acids is 2. The van der Waals surface area contributed by atoms with Crippen molar-refractivity contribution < 1.29 is 9.59 Å². The minimum atomic E-state index is -0.542. The number of aryl methyl sites for hydroxylation is 1. The predicted molar refractivity (Wildman–Crippen MR) is 63.4 cm³/mol. The van der Waals surface area contributed by atoms with Crippen LogP contribution < -0.4 is 5.32 Å². The molecule has 0 aliphatic rings. The van der Waals surface area contributed by atoms with Gasteiger partial charge >= 0.3 is 0 Å². The van der Waals surface area contributed by atoms with Gasteiger partial charge in [0.25, 0.3) is 5.91 Å². The zero-order chi connectivity index (χ0) is 12.1. The molecule has 1 amide bonds. The molecule has 1 aromatic rings. The van der Waals surface area contributed by atoms with E-state index in [9.17, 15) is 9.59 Å². The normalized spacial score (nSPS) is 10.2. The van der Waals surface area contributed by atoms with Gasteiger partial charge in [0.05, 0.1) is 0 Å². The number of Topliss-reactive ketones (excluding diaryl/α,β-unsaturated/α-hetero) is 1. The Labute approximate surface area is 95.9 Å². The van der Waals surface area contributed by atoms with Gasteiger partial charge in [-0.1, -0.05) is 31.2 Å². The summed E-state index contributed by atoms with van der Waals surface area (Å²) >= 11 is 0. The Balaban J connectivity index is 2.76. The number of benzene rings is 1. The van der Waals surface area contributed by atoms with Gasteiger partial charge in [-0.25, -0.2) is 0 Å². The van der Waals surface area contributed by atoms with Crippen LogP contribution in [0.2, 0.25) is 0 Å². The van der Waals surface area contributed by atoms with Crippen molar-refractivity contribution in [3.05, 3.63) is 35.4 Å². The van der Waals surface area contributed by atoms with E-state index in [1.807, 2.05) is 32.9 Å². The molecule has 0 spiro atoms. The topological polar surface area (TPSA) is 46.2 Å². The maximum atomic E-state index is 11.7. The van der Waals surface area contributed by atoms with Gasteiger partial charge in [0.1, 0.15) is 0 Å². The van der Waals surface area contributed by atoms with Crippen LogP contribution in [0, 0.1) is 0 Å². The first kappa shape index (κ1) is 12.4. The zero-order valence-corrected chi connectivity index (χ0v) is 9.91. The van der Waals surface area contributed by atoms with Crippen molar-refractivity contribution in [3.63, 3.8) is 0 Å². The highest BCUT2D eigenvalue weighted by atomic mass is 16.2. The van der Waals surface area contributed by atoms with E-state index in [4.69, 9.17) is 0 Å². The monoisotopic (exact) mass is 219 g/mol. The average Bonchev–Trinajstić information content (AvgIpc) is 2.27. The maximum absolute atomic E-state index is 11.7. The molecule has 0 aliphatic heterocycles. The highest BCUT2D eigenvalue weighted by molar-refractivity contribution is 6.42. The van der Waals surface area contributed by atoms with Gasteiger partial charge in [0, 0.05) is 11.6 Å². The van der Waals surface area contributed by atoms with Gasteiger partial charge in [-0.05, 0) is 25.8 Å². The lowest BCUT2D eigenvalue weighted by Gasteiger charge is -2.07. The van der Waals surface area contributed by atoms with Crippen molar-refractivity contribution >= 4 is 11.7 Å². The Hall–Kier alpha value is -1.64. The van der Waals surface area contributed by atoms with Gasteiger partial charge in [0.2, 0.25) is 5.78 Å². The fraction of sp³-hybridized carbons (Fsp3) is 0.385. The lowest BCUT2D eigenvalue weighted by atomic mass is 10.1. The second-order valence-electron chi connectivity index (χ2n) is 4.01. The maximum Gasteiger partial charge on any atom is 0.292 e. The van der Waals surface area contributed by atoms with Crippen LogP contribution in [0.25, 0.3) is 0 Å². The lowest BCUT2D eigenvalue weighted by Crippen LogP contribution is -2.35. The molecular formula is C13H17NO2. The van der Waals surface area contributed by atoms with E-state index in [-0.39, 0.29) is 6.04 Å². The average molecular weight is 219 g/mol. The number of hydrogen-bond acceptors (Lipinski definition) is 2. The zero-order valence-electron chi connectivity index (χ0n) is 9.91. The van der Waals surface area contributed by atoms with E-state index in [2.05, 4.69) is 5.32 Å². The summed E-state index contributed by atoms with van der Waals surface area (Å²) in [5, 5.41) is 2.58. The first-order valence-corrected chi connectivity index (χ1v) is 5.48. The number of nitrogens with one attached hydrogen (secondary N) is 1. The Morgan fingerprint density at radius 1 is 1.19 bits per heavy atom. The smallest absolute Gasteiger partial charge is 0.292 e. The third-order valence-corrected chi connectivity index (χ3v) is 2.25. The summed E-state index contributed by atoms with van der Waals surface area (Å²) in [7, 11) is 0. The third-order valence-electron chi connectivity index (χ3n) is 2.25. The number of carbonyl (C=O) groups is 2. The van der Waals surface area contributed by atoms with E-state index in [0.29, 0.717) is 5.56 Å². The van der Waals surface area contributed by atoms with Gasteiger partial charge in [-0.2, -0.15) is 0 Å². The second-order valence-corrected chi connectivity index (χ2v) is 4.01. The van der Waals surface area contributed by atoms with Crippen molar-refractivity contribution in [2.75, 3.05) is 0 Å². The minimum Gasteiger partial charge on any atom is -0.347 e. The standard InChI is InChI=1S/C13H17NO2/c1-4-10-5-7-11(8-6-10)12(15)13(16)14-9(2)3/h5-9H,4H2,1-3H3,(H,14,16). The highest BCUT2D eigenvalue weighted by Crippen LogP contribution is 2.06. The number of hydrogen-bond donors (Lipinski definition) is 1. The van der Waals surface area contributed by atoms with Gasteiger partial charge < -0.3 is 5.32 Å². The molecule has 0 fully saturated rings. The molecule has 0 saturated heterocycles. The van der Waals surface area contributed by atoms with E-state index in [1.165, 1.54) is 0 Å². The fourth-order valence-corrected chi connectivity index (χ4v) is 1.35. The largest absolute Gasteiger partial charge is 0.347 e. The van der Waals surface area contributed by atoms with Crippen LogP contribution in [0.1, 0.15) is 36.7 Å². The molecule has 1 N–H and O–H groups in total. The van der Waals surface area contributed by atoms with Crippen molar-refractivity contribution in [1.29, 1.82) is 0 Å². The van der Waals surface area contributed by atoms with Crippen molar-refractivity contribution in [2.24, 2.45) is 0 Å². The fourth-order valence-electron chi connectivity index (χ4n) is 1.35. The Morgan fingerprint density at radius 3 is 2.19 bits per heavy atom. The summed E-state index contributed by atoms with van der Waals surface area (Å²) in [6, 6.07) is 7.11. The van der Waals surface area contributed by atoms with Crippen LogP contribution in [0.15, 0.2) is 24.3 Å². The molecule has 16 heavy (non-hydrogen) atoms. The molecule has 0 bridgehead atoms. The van der Waals surface area contributed by atoms with Gasteiger partial charge in [-0.3, -0.25) is 9.59 Å². The van der Waals surface area contributed by atoms with Crippen LogP contribution in [0.5, 0.6) is 0 Å². The summed E-state index contributed by atoms with van der Waals surface area (Å²) in [5.41, 5.74) is 1.59. The molecule has 0 aliphatic carbocycles. The predicted octanol–water partition coefficient (Wildman–Crippen LogP) is 1.96. The van der Waals surface area contributed by atoms with E-state index in [1.54, 1.807) is 12.1 Å². The molecule has 0 heterocycles. The summed E-state index contributed by atoms with van der Waals surface area (Å²) < 4.78 is 0. The third kappa shape index (κ3) is 3.19. The molecule has 0 atom stereocenters. The van der Waals surface area contributed by atoms with Crippen LogP contribution in [-0.2, 0) is 11.2 Å². The molecule has 0 aromatic heterocycles. The second kappa shape index (κ2) is 5.45. The summed E-state index contributed by atoms with van der Waals surface area (Å²) in [5.74, 6) is -1.02. The molecule has 1 rings (SSSR count). The number of rotatable bonds is 4. The van der Waals surface area contributed by atoms with Crippen LogP contribution >= 0.6 is 0 Å². The molecule has 86 valence electrons. The number of amides is 1. The van der Waals surface area contributed by atoms with Crippen LogP contribution in [-0.4, -0.2) is 17.7 Å². The number of ketones is 1. The summed E-state index contributed by atoms with van der Waals surface area (Å²) in [6.45, 7) is 5.69. The lowest BCUT2D eigenvalue weighted by molar-refractivity contribution is -0.117. The van der Waals surface area contributed by atoms with Crippen molar-refractivity contribution in [3.8, 4) is 0 Å². The Morgan fingerprint density at radius 2 is 1.75 bits per heavy atom. The summed E-state index contributed by atoms with van der Waals surface area (Å²) in [4.78, 5) is 23.1. The minimum absolute atomic E-state index is 0.0219. The van der Waals surface area contributed by atoms with Gasteiger partial charge in [0.15, 0.2) is 0 Å². The molecule has 3 heteroatoms. The molecule has 0 unspecified atom stereocenters. The van der Waals surface area contributed by atoms with Gasteiger partial charge in [-0.15, -0.1) is 0 Å². The van der Waals surface area contributed by atoms with E-state index >= 15 is 0 Å². The van der Waals surface area contributed by atoms with E-state index in [0.717, 1.165) is 12.0 Å². The highest BCUT2D eigenvalue weighted by Gasteiger charge is 2.16. The first-order chi connectivity index (χ1) is 7.54. The van der Waals surface area contributed by atoms with E-state index < -0.39 is 11.7 Å². The van der Waals surface area contributed by atoms with Crippen molar-refractivity contribution in [2.45, 2.75) is 33.2 Å². The van der Waals surface area contributed by atoms with Crippen molar-refractivity contribution in [1.82, 2.24) is 5.32 Å². The SMILES string of the molecule is CCc1ccc(C(=O)C(=O)NC(C)C)cc1. The molecule has 0 radical (unpaired) electrons. The first-order valence-electron chi connectivity index (χ1n) is 5.48. The molecule has 1 aromatic carbocycles. The Kier molecular flexibility index (Phi) is 4.23. The summed E-state index contributed by atoms with van der Waals surface area (Å²) in [6.07, 6.45) is 0.923. The quantitative estimate of drug-likeness (QED) is 0.621. The Bertz CT molecular complexity index is 379. The molecule has 0 saturated carbocycles. The van der Waals surface area contributed by atoms with Crippen LogP contribution in [0.4, 0.5) is 0 Å².